The highest BCUT2D eigenvalue weighted by Crippen LogP contribution is 2.62. The van der Waals surface area contributed by atoms with Gasteiger partial charge in [0, 0.05) is 12.8 Å². The molecule has 4 aromatic rings. The normalized spacial score (nSPS) is 19.8. The number of rotatable bonds is 9. The van der Waals surface area contributed by atoms with Gasteiger partial charge in [-0.1, -0.05) is 84.9 Å². The van der Waals surface area contributed by atoms with Gasteiger partial charge in [0.25, 0.3) is 0 Å². The quantitative estimate of drug-likeness (QED) is 0.300. The molecule has 188 valence electrons. The van der Waals surface area contributed by atoms with Crippen molar-refractivity contribution in [2.75, 3.05) is 0 Å². The molecule has 0 saturated carbocycles. The second kappa shape index (κ2) is 11.8. The maximum Gasteiger partial charge on any atom is 0.305 e. The summed E-state index contributed by atoms with van der Waals surface area (Å²) in [6.07, 6.45) is 0.676. The highest BCUT2D eigenvalue weighted by Gasteiger charge is 2.56. The number of aliphatic carboxylic acids is 1. The number of ether oxygens (including phenoxy) is 2. The van der Waals surface area contributed by atoms with Crippen LogP contribution in [0.15, 0.2) is 121 Å². The predicted molar refractivity (Wildman–Crippen MR) is 150 cm³/mol. The second-order valence-corrected chi connectivity index (χ2v) is 13.0. The molecule has 4 nitrogen and oxygen atoms in total. The summed E-state index contributed by atoms with van der Waals surface area (Å²) in [5.41, 5.74) is 1.11. The molecule has 0 aromatic heterocycles. The Morgan fingerprint density at radius 3 is 1.65 bits per heavy atom. The van der Waals surface area contributed by atoms with Crippen molar-refractivity contribution >= 4 is 29.1 Å². The summed E-state index contributed by atoms with van der Waals surface area (Å²) in [5.74, 6) is -1.07. The standard InChI is InChI=1S/C32H31O4P/c33-31(34)22-27-21-26(35-24-25-13-5-1-6-14-25)23-32(36-27)37(28-15-7-2-8-16-28,29-17-9-3-10-18-29)30-19-11-4-12-20-30/h1-20,26-27,32H,21-24H2/p+1/t26-,27-,32+/m0/s1. The first-order valence-corrected chi connectivity index (χ1v) is 14.6. The number of carbonyl (C=O) groups is 1. The summed E-state index contributed by atoms with van der Waals surface area (Å²) < 4.78 is 13.3. The largest absolute Gasteiger partial charge is 0.481 e. The van der Waals surface area contributed by atoms with E-state index in [-0.39, 0.29) is 18.4 Å². The van der Waals surface area contributed by atoms with Gasteiger partial charge in [0.2, 0.25) is 0 Å². The van der Waals surface area contributed by atoms with Crippen LogP contribution in [0.3, 0.4) is 0 Å². The molecule has 1 heterocycles. The second-order valence-electron chi connectivity index (χ2n) is 9.43. The summed E-state index contributed by atoms with van der Waals surface area (Å²) >= 11 is 0. The molecule has 0 bridgehead atoms. The van der Waals surface area contributed by atoms with Crippen LogP contribution in [0.5, 0.6) is 0 Å². The molecule has 1 fully saturated rings. The van der Waals surface area contributed by atoms with E-state index in [9.17, 15) is 9.90 Å². The smallest absolute Gasteiger partial charge is 0.305 e. The molecule has 0 aliphatic carbocycles. The van der Waals surface area contributed by atoms with E-state index >= 15 is 0 Å². The van der Waals surface area contributed by atoms with Crippen LogP contribution in [0.25, 0.3) is 0 Å². The lowest BCUT2D eigenvalue weighted by Crippen LogP contribution is -2.47. The predicted octanol–water partition coefficient (Wildman–Crippen LogP) is 5.55. The number of hydrogen-bond acceptors (Lipinski definition) is 3. The average molecular weight is 512 g/mol. The first-order chi connectivity index (χ1) is 18.2. The molecule has 0 radical (unpaired) electrons. The molecule has 0 spiro atoms. The fraction of sp³-hybridized carbons (Fsp3) is 0.219. The monoisotopic (exact) mass is 511 g/mol. The first kappa shape index (κ1) is 25.4. The number of carboxylic acid groups (broad SMARTS) is 1. The molecule has 1 saturated heterocycles. The lowest BCUT2D eigenvalue weighted by molar-refractivity contribution is -0.145. The Labute approximate surface area is 219 Å². The topological polar surface area (TPSA) is 55.8 Å². The minimum atomic E-state index is -2.34. The van der Waals surface area contributed by atoms with Crippen LogP contribution in [0.4, 0.5) is 0 Å². The van der Waals surface area contributed by atoms with E-state index < -0.39 is 19.3 Å². The molecule has 5 rings (SSSR count). The Hall–Kier alpha value is -3.30. The Balaban J connectivity index is 1.61. The van der Waals surface area contributed by atoms with Crippen LogP contribution < -0.4 is 15.9 Å². The van der Waals surface area contributed by atoms with Gasteiger partial charge >= 0.3 is 5.97 Å². The zero-order chi connectivity index (χ0) is 25.5. The highest BCUT2D eigenvalue weighted by atomic mass is 31.2. The summed E-state index contributed by atoms with van der Waals surface area (Å²) in [7, 11) is -2.34. The summed E-state index contributed by atoms with van der Waals surface area (Å²) in [5, 5.41) is 13.3. The van der Waals surface area contributed by atoms with Gasteiger partial charge in [-0.3, -0.25) is 4.79 Å². The van der Waals surface area contributed by atoms with E-state index in [0.29, 0.717) is 19.4 Å². The van der Waals surface area contributed by atoms with E-state index in [1.165, 1.54) is 15.9 Å². The van der Waals surface area contributed by atoms with Gasteiger partial charge in [-0.15, -0.1) is 0 Å². The Morgan fingerprint density at radius 1 is 0.730 bits per heavy atom. The minimum absolute atomic E-state index is 0.0416. The Morgan fingerprint density at radius 2 is 1.19 bits per heavy atom. The molecule has 1 N–H and O–H groups in total. The first-order valence-electron chi connectivity index (χ1n) is 12.7. The SMILES string of the molecule is O=C(O)C[C@@H]1C[C@H](OCc2ccccc2)C[C@@H]([P+](c2ccccc2)(c2ccccc2)c2ccccc2)O1. The van der Waals surface area contributed by atoms with E-state index in [4.69, 9.17) is 9.47 Å². The van der Waals surface area contributed by atoms with Crippen LogP contribution in [0.1, 0.15) is 24.8 Å². The molecule has 1 aliphatic heterocycles. The van der Waals surface area contributed by atoms with Crippen molar-refractivity contribution in [1.82, 2.24) is 0 Å². The van der Waals surface area contributed by atoms with Gasteiger partial charge in [-0.2, -0.15) is 0 Å². The van der Waals surface area contributed by atoms with Crippen LogP contribution >= 0.6 is 7.26 Å². The van der Waals surface area contributed by atoms with E-state index in [2.05, 4.69) is 84.9 Å². The van der Waals surface area contributed by atoms with Gasteiger partial charge in [-0.25, -0.2) is 0 Å². The van der Waals surface area contributed by atoms with Gasteiger partial charge in [0.1, 0.15) is 23.2 Å². The maximum atomic E-state index is 11.8. The van der Waals surface area contributed by atoms with Crippen molar-refractivity contribution in [3.63, 3.8) is 0 Å². The third-order valence-corrected chi connectivity index (χ3v) is 11.5. The average Bonchev–Trinajstić information content (AvgIpc) is 2.94. The van der Waals surface area contributed by atoms with Crippen molar-refractivity contribution in [1.29, 1.82) is 0 Å². The van der Waals surface area contributed by atoms with Crippen molar-refractivity contribution in [2.45, 2.75) is 43.9 Å². The maximum absolute atomic E-state index is 11.8. The minimum Gasteiger partial charge on any atom is -0.481 e. The number of carboxylic acids is 1. The molecule has 5 heteroatoms. The van der Waals surface area contributed by atoms with Gasteiger partial charge in [-0.05, 0) is 42.0 Å². The van der Waals surface area contributed by atoms with Crippen molar-refractivity contribution in [3.05, 3.63) is 127 Å². The fourth-order valence-corrected chi connectivity index (χ4v) is 10.1. The van der Waals surface area contributed by atoms with Crippen LogP contribution in [0, 0.1) is 0 Å². The van der Waals surface area contributed by atoms with Gasteiger partial charge in [0.15, 0.2) is 5.85 Å². The summed E-state index contributed by atoms with van der Waals surface area (Å²) in [4.78, 5) is 11.8. The molecule has 3 atom stereocenters. The molecular formula is C32H32O4P+. The lowest BCUT2D eigenvalue weighted by atomic mass is 10.0. The van der Waals surface area contributed by atoms with E-state index in [1.54, 1.807) is 0 Å². The molecule has 4 aromatic carbocycles. The Bertz CT molecular complexity index is 1170. The molecule has 0 amide bonds. The third kappa shape index (κ3) is 5.67. The molecule has 1 aliphatic rings. The van der Waals surface area contributed by atoms with Crippen molar-refractivity contribution in [2.24, 2.45) is 0 Å². The molecule has 0 unspecified atom stereocenters. The lowest BCUT2D eigenvalue weighted by Gasteiger charge is -2.41. The summed E-state index contributed by atoms with van der Waals surface area (Å²) in [6, 6.07) is 41.9. The number of benzene rings is 4. The molecular weight excluding hydrogens is 479 g/mol. The van der Waals surface area contributed by atoms with Crippen molar-refractivity contribution < 1.29 is 19.4 Å². The fourth-order valence-electron chi connectivity index (χ4n) is 5.38. The number of hydrogen-bond donors (Lipinski definition) is 1. The van der Waals surface area contributed by atoms with Crippen LogP contribution in [0.2, 0.25) is 0 Å². The van der Waals surface area contributed by atoms with E-state index in [1.807, 2.05) is 36.4 Å². The van der Waals surface area contributed by atoms with Crippen LogP contribution in [-0.2, 0) is 20.9 Å². The highest BCUT2D eigenvalue weighted by molar-refractivity contribution is 7.96. The van der Waals surface area contributed by atoms with Crippen molar-refractivity contribution in [3.8, 4) is 0 Å². The van der Waals surface area contributed by atoms with Crippen LogP contribution in [-0.4, -0.2) is 29.1 Å². The van der Waals surface area contributed by atoms with Gasteiger partial charge < -0.3 is 14.6 Å². The zero-order valence-corrected chi connectivity index (χ0v) is 21.6. The van der Waals surface area contributed by atoms with E-state index in [0.717, 1.165) is 5.56 Å². The third-order valence-electron chi connectivity index (χ3n) is 6.99. The van der Waals surface area contributed by atoms with Gasteiger partial charge in [0.05, 0.1) is 25.2 Å². The summed E-state index contributed by atoms with van der Waals surface area (Å²) in [6.45, 7) is 0.492. The Kier molecular flexibility index (Phi) is 8.11. The zero-order valence-electron chi connectivity index (χ0n) is 20.7. The molecule has 37 heavy (non-hydrogen) atoms.